The number of fused-ring (bicyclic) bond motifs is 1. The molecule has 1 aliphatic heterocycles. The monoisotopic (exact) mass is 265 g/mol. The van der Waals surface area contributed by atoms with Crippen LogP contribution in [0, 0.1) is 0 Å². The lowest BCUT2D eigenvalue weighted by Crippen LogP contribution is -2.29. The van der Waals surface area contributed by atoms with E-state index in [0.29, 0.717) is 17.8 Å². The summed E-state index contributed by atoms with van der Waals surface area (Å²) in [5.41, 5.74) is 3.52. The SMILES string of the molecule is CCc1ccccc1CN1C(=O)C(=O)c2ccccc21. The van der Waals surface area contributed by atoms with Gasteiger partial charge in [-0.15, -0.1) is 0 Å². The highest BCUT2D eigenvalue weighted by Crippen LogP contribution is 2.30. The molecule has 0 saturated carbocycles. The van der Waals surface area contributed by atoms with E-state index in [1.165, 1.54) is 5.56 Å². The number of carbonyl (C=O) groups is 2. The van der Waals surface area contributed by atoms with Gasteiger partial charge in [-0.25, -0.2) is 0 Å². The van der Waals surface area contributed by atoms with E-state index in [4.69, 9.17) is 0 Å². The van der Waals surface area contributed by atoms with Crippen LogP contribution in [0.2, 0.25) is 0 Å². The van der Waals surface area contributed by atoms with Gasteiger partial charge in [0.15, 0.2) is 0 Å². The highest BCUT2D eigenvalue weighted by atomic mass is 16.2. The minimum absolute atomic E-state index is 0.408. The molecule has 3 nitrogen and oxygen atoms in total. The molecule has 2 aromatic rings. The van der Waals surface area contributed by atoms with Gasteiger partial charge in [-0.1, -0.05) is 43.3 Å². The number of hydrogen-bond acceptors (Lipinski definition) is 2. The van der Waals surface area contributed by atoms with Crippen molar-refractivity contribution in [3.8, 4) is 0 Å². The Bertz CT molecular complexity index is 691. The van der Waals surface area contributed by atoms with Crippen LogP contribution >= 0.6 is 0 Å². The molecule has 0 spiro atoms. The number of anilines is 1. The first kappa shape index (κ1) is 12.6. The van der Waals surface area contributed by atoms with Crippen LogP contribution < -0.4 is 4.90 Å². The first-order chi connectivity index (χ1) is 9.72. The maximum absolute atomic E-state index is 12.1. The smallest absolute Gasteiger partial charge is 0.299 e. The van der Waals surface area contributed by atoms with Gasteiger partial charge in [-0.2, -0.15) is 0 Å². The quantitative estimate of drug-likeness (QED) is 0.800. The van der Waals surface area contributed by atoms with Gasteiger partial charge >= 0.3 is 0 Å². The molecule has 0 atom stereocenters. The molecule has 0 bridgehead atoms. The lowest BCUT2D eigenvalue weighted by Gasteiger charge is -2.18. The van der Waals surface area contributed by atoms with E-state index in [-0.39, 0.29) is 0 Å². The molecule has 1 amide bonds. The number of rotatable bonds is 3. The third kappa shape index (κ3) is 1.92. The first-order valence-electron chi connectivity index (χ1n) is 6.74. The van der Waals surface area contributed by atoms with E-state index in [1.807, 2.05) is 30.3 Å². The Balaban J connectivity index is 1.99. The molecular formula is C17H15NO2. The average molecular weight is 265 g/mol. The molecule has 3 heteroatoms. The minimum atomic E-state index is -0.433. The summed E-state index contributed by atoms with van der Waals surface area (Å²) in [6.45, 7) is 2.54. The molecule has 3 rings (SSSR count). The van der Waals surface area contributed by atoms with Crippen LogP contribution in [0.4, 0.5) is 5.69 Å². The molecule has 20 heavy (non-hydrogen) atoms. The van der Waals surface area contributed by atoms with Crippen LogP contribution in [0.15, 0.2) is 48.5 Å². The largest absolute Gasteiger partial charge is 0.300 e. The lowest BCUT2D eigenvalue weighted by molar-refractivity contribution is -0.114. The Morgan fingerprint density at radius 1 is 0.900 bits per heavy atom. The van der Waals surface area contributed by atoms with Crippen molar-refractivity contribution in [2.24, 2.45) is 0 Å². The number of hydrogen-bond donors (Lipinski definition) is 0. The third-order valence-electron chi connectivity index (χ3n) is 3.71. The molecule has 1 aliphatic rings. The summed E-state index contributed by atoms with van der Waals surface area (Å²) in [7, 11) is 0. The van der Waals surface area contributed by atoms with Crippen molar-refractivity contribution in [3.63, 3.8) is 0 Å². The summed E-state index contributed by atoms with van der Waals surface area (Å²) in [5, 5.41) is 0. The molecule has 2 aromatic carbocycles. The summed E-state index contributed by atoms with van der Waals surface area (Å²) >= 11 is 0. The molecule has 0 unspecified atom stereocenters. The van der Waals surface area contributed by atoms with Gasteiger partial charge in [0.05, 0.1) is 17.8 Å². The second-order valence-corrected chi connectivity index (χ2v) is 4.86. The number of nitrogens with zero attached hydrogens (tertiary/aromatic N) is 1. The molecular weight excluding hydrogens is 250 g/mol. The van der Waals surface area contributed by atoms with Crippen LogP contribution in [0.25, 0.3) is 0 Å². The zero-order chi connectivity index (χ0) is 14.1. The van der Waals surface area contributed by atoms with E-state index in [0.717, 1.165) is 12.0 Å². The Labute approximate surface area is 117 Å². The highest BCUT2D eigenvalue weighted by molar-refractivity contribution is 6.52. The van der Waals surface area contributed by atoms with E-state index >= 15 is 0 Å². The van der Waals surface area contributed by atoms with Gasteiger partial charge in [0.2, 0.25) is 0 Å². The van der Waals surface area contributed by atoms with Gasteiger partial charge in [-0.3, -0.25) is 9.59 Å². The topological polar surface area (TPSA) is 37.4 Å². The summed E-state index contributed by atoms with van der Waals surface area (Å²) in [6.07, 6.45) is 0.911. The van der Waals surface area contributed by atoms with Gasteiger partial charge in [0.1, 0.15) is 0 Å². The summed E-state index contributed by atoms with van der Waals surface area (Å²) in [5.74, 6) is -0.841. The number of aryl methyl sites for hydroxylation is 1. The molecule has 0 aromatic heterocycles. The zero-order valence-electron chi connectivity index (χ0n) is 11.3. The van der Waals surface area contributed by atoms with Crippen molar-refractivity contribution in [1.29, 1.82) is 0 Å². The van der Waals surface area contributed by atoms with Crippen molar-refractivity contribution < 1.29 is 9.59 Å². The second kappa shape index (κ2) is 4.93. The van der Waals surface area contributed by atoms with Crippen LogP contribution in [0.5, 0.6) is 0 Å². The van der Waals surface area contributed by atoms with Crippen molar-refractivity contribution in [3.05, 3.63) is 65.2 Å². The van der Waals surface area contributed by atoms with Crippen LogP contribution in [0.1, 0.15) is 28.4 Å². The van der Waals surface area contributed by atoms with Gasteiger partial charge in [-0.05, 0) is 29.7 Å². The van der Waals surface area contributed by atoms with Crippen molar-refractivity contribution >= 4 is 17.4 Å². The summed E-state index contributed by atoms with van der Waals surface area (Å²) < 4.78 is 0. The first-order valence-corrected chi connectivity index (χ1v) is 6.74. The Morgan fingerprint density at radius 2 is 1.55 bits per heavy atom. The number of ketones is 1. The average Bonchev–Trinajstić information content (AvgIpc) is 2.73. The summed E-state index contributed by atoms with van der Waals surface area (Å²) in [4.78, 5) is 25.7. The van der Waals surface area contributed by atoms with Crippen molar-refractivity contribution in [2.75, 3.05) is 4.90 Å². The molecule has 100 valence electrons. The van der Waals surface area contributed by atoms with Crippen molar-refractivity contribution in [1.82, 2.24) is 0 Å². The molecule has 0 aliphatic carbocycles. The number of Topliss-reactive ketones (excluding diaryl/α,β-unsaturated/α-hetero) is 1. The highest BCUT2D eigenvalue weighted by Gasteiger charge is 2.35. The third-order valence-corrected chi connectivity index (χ3v) is 3.71. The Kier molecular flexibility index (Phi) is 3.11. The number of amides is 1. The van der Waals surface area contributed by atoms with E-state index < -0.39 is 11.7 Å². The minimum Gasteiger partial charge on any atom is -0.300 e. The fraction of sp³-hybridized carbons (Fsp3) is 0.176. The van der Waals surface area contributed by atoms with Crippen LogP contribution in [-0.4, -0.2) is 11.7 Å². The van der Waals surface area contributed by atoms with Gasteiger partial charge in [0.25, 0.3) is 11.7 Å². The maximum atomic E-state index is 12.1. The molecule has 0 radical (unpaired) electrons. The Morgan fingerprint density at radius 3 is 2.30 bits per heavy atom. The lowest BCUT2D eigenvalue weighted by atomic mass is 10.0. The number of para-hydroxylation sites is 1. The second-order valence-electron chi connectivity index (χ2n) is 4.86. The molecule has 0 N–H and O–H groups in total. The maximum Gasteiger partial charge on any atom is 0.299 e. The fourth-order valence-corrected chi connectivity index (χ4v) is 2.63. The van der Waals surface area contributed by atoms with Gasteiger partial charge < -0.3 is 4.90 Å². The summed E-state index contributed by atoms with van der Waals surface area (Å²) in [6, 6.07) is 15.2. The number of benzene rings is 2. The van der Waals surface area contributed by atoms with Crippen LogP contribution in [0.3, 0.4) is 0 Å². The van der Waals surface area contributed by atoms with E-state index in [1.54, 1.807) is 17.0 Å². The predicted octanol–water partition coefficient (Wildman–Crippen LogP) is 2.98. The van der Waals surface area contributed by atoms with Crippen molar-refractivity contribution in [2.45, 2.75) is 19.9 Å². The molecule has 1 heterocycles. The van der Waals surface area contributed by atoms with Gasteiger partial charge in [0, 0.05) is 0 Å². The van der Waals surface area contributed by atoms with E-state index in [9.17, 15) is 9.59 Å². The van der Waals surface area contributed by atoms with Crippen LogP contribution in [-0.2, 0) is 17.8 Å². The molecule has 0 fully saturated rings. The van der Waals surface area contributed by atoms with E-state index in [2.05, 4.69) is 13.0 Å². The molecule has 0 saturated heterocycles. The fourth-order valence-electron chi connectivity index (χ4n) is 2.63. The zero-order valence-corrected chi connectivity index (χ0v) is 11.3. The normalized spacial score (nSPS) is 13.8. The Hall–Kier alpha value is -2.42. The predicted molar refractivity (Wildman–Crippen MR) is 77.8 cm³/mol. The standard InChI is InChI=1S/C17H15NO2/c1-2-12-7-3-4-8-13(12)11-18-15-10-6-5-9-14(15)16(19)17(18)20/h3-10H,2,11H2,1H3. The number of carbonyl (C=O) groups excluding carboxylic acids is 2.